The molecule has 0 atom stereocenters. The van der Waals surface area contributed by atoms with E-state index in [1.54, 1.807) is 11.3 Å². The van der Waals surface area contributed by atoms with Gasteiger partial charge in [0.15, 0.2) is 10.9 Å². The lowest BCUT2D eigenvalue weighted by Gasteiger charge is -2.19. The third kappa shape index (κ3) is 3.56. The Morgan fingerprint density at radius 2 is 2.21 bits per heavy atom. The number of hydrogen-bond donors (Lipinski definition) is 2. The predicted octanol–water partition coefficient (Wildman–Crippen LogP) is 3.82. The Balaban J connectivity index is 0.00000169. The lowest BCUT2D eigenvalue weighted by Crippen LogP contribution is -2.24. The van der Waals surface area contributed by atoms with Gasteiger partial charge in [-0.1, -0.05) is 12.1 Å². The maximum absolute atomic E-state index is 6.06. The predicted molar refractivity (Wildman–Crippen MR) is 111 cm³/mol. The van der Waals surface area contributed by atoms with Crippen molar-refractivity contribution in [2.75, 3.05) is 5.32 Å². The summed E-state index contributed by atoms with van der Waals surface area (Å²) >= 11 is 1.62. The van der Waals surface area contributed by atoms with Gasteiger partial charge in [0, 0.05) is 23.5 Å². The van der Waals surface area contributed by atoms with Crippen LogP contribution < -0.4 is 11.1 Å². The third-order valence-electron chi connectivity index (χ3n) is 4.21. The number of guanidine groups is 1. The molecular weight excluding hydrogens is 433 g/mol. The van der Waals surface area contributed by atoms with Crippen LogP contribution in [0, 0.1) is 0 Å². The van der Waals surface area contributed by atoms with Crippen molar-refractivity contribution in [2.45, 2.75) is 32.2 Å². The zero-order valence-corrected chi connectivity index (χ0v) is 16.4. The monoisotopic (exact) mass is 453 g/mol. The molecule has 5 nitrogen and oxygen atoms in total. The molecule has 0 spiro atoms. The first-order valence-corrected chi connectivity index (χ1v) is 8.76. The van der Waals surface area contributed by atoms with Crippen molar-refractivity contribution in [3.63, 3.8) is 0 Å². The molecule has 4 rings (SSSR count). The first kappa shape index (κ1) is 17.2. The van der Waals surface area contributed by atoms with Gasteiger partial charge in [-0.3, -0.25) is 4.40 Å². The number of aromatic nitrogens is 2. The van der Waals surface area contributed by atoms with E-state index >= 15 is 0 Å². The van der Waals surface area contributed by atoms with Crippen molar-refractivity contribution in [2.24, 2.45) is 10.7 Å². The van der Waals surface area contributed by atoms with Crippen LogP contribution in [0.3, 0.4) is 0 Å². The average Bonchev–Trinajstić information content (AvgIpc) is 3.15. The Kier molecular flexibility index (Phi) is 5.40. The number of benzene rings is 1. The molecule has 1 aromatic carbocycles. The first-order chi connectivity index (χ1) is 11.3. The number of fused-ring (bicyclic) bond motifs is 2. The van der Waals surface area contributed by atoms with E-state index in [4.69, 9.17) is 5.73 Å². The van der Waals surface area contributed by atoms with Crippen LogP contribution in [-0.4, -0.2) is 15.3 Å². The normalized spacial score (nSPS) is 14.2. The summed E-state index contributed by atoms with van der Waals surface area (Å²) in [5, 5.41) is 5.28. The third-order valence-corrected chi connectivity index (χ3v) is 4.98. The second-order valence-corrected chi connectivity index (χ2v) is 6.67. The number of nitrogens with one attached hydrogen (secondary N) is 1. The molecule has 0 aliphatic heterocycles. The average molecular weight is 453 g/mol. The van der Waals surface area contributed by atoms with Gasteiger partial charge in [0.1, 0.15) is 0 Å². The van der Waals surface area contributed by atoms with E-state index in [1.807, 2.05) is 22.2 Å². The quantitative estimate of drug-likeness (QED) is 0.360. The number of halogens is 1. The van der Waals surface area contributed by atoms with Crippen molar-refractivity contribution in [3.05, 3.63) is 52.8 Å². The Bertz CT molecular complexity index is 838. The molecule has 1 aliphatic rings. The van der Waals surface area contributed by atoms with Crippen molar-refractivity contribution >= 4 is 51.9 Å². The highest BCUT2D eigenvalue weighted by Crippen LogP contribution is 2.27. The molecule has 0 saturated carbocycles. The van der Waals surface area contributed by atoms with Gasteiger partial charge in [0.25, 0.3) is 0 Å². The summed E-state index contributed by atoms with van der Waals surface area (Å²) in [6, 6.07) is 6.38. The molecular formula is C17H20IN5S. The molecule has 0 fully saturated rings. The van der Waals surface area contributed by atoms with Crippen molar-refractivity contribution < 1.29 is 0 Å². The van der Waals surface area contributed by atoms with E-state index in [-0.39, 0.29) is 24.0 Å². The van der Waals surface area contributed by atoms with Crippen LogP contribution in [0.2, 0.25) is 0 Å². The Hall–Kier alpha value is -1.61. The maximum atomic E-state index is 6.06. The topological polar surface area (TPSA) is 67.7 Å². The fraction of sp³-hybridized carbons (Fsp3) is 0.294. The van der Waals surface area contributed by atoms with Crippen LogP contribution in [0.1, 0.15) is 29.7 Å². The number of nitrogens with zero attached hydrogens (tertiary/aromatic N) is 3. The van der Waals surface area contributed by atoms with Gasteiger partial charge >= 0.3 is 0 Å². The Labute approximate surface area is 162 Å². The zero-order valence-electron chi connectivity index (χ0n) is 13.2. The number of hydrogen-bond acceptors (Lipinski definition) is 3. The largest absolute Gasteiger partial charge is 0.370 e. The molecule has 126 valence electrons. The van der Waals surface area contributed by atoms with Crippen molar-refractivity contribution in [3.8, 4) is 0 Å². The summed E-state index contributed by atoms with van der Waals surface area (Å²) < 4.78 is 2.01. The molecule has 0 unspecified atom stereocenters. The molecule has 2 heterocycles. The summed E-state index contributed by atoms with van der Waals surface area (Å²) in [5.74, 6) is 0.445. The minimum atomic E-state index is 0. The van der Waals surface area contributed by atoms with Crippen LogP contribution in [0.5, 0.6) is 0 Å². The summed E-state index contributed by atoms with van der Waals surface area (Å²) in [5.41, 5.74) is 10.9. The second kappa shape index (κ2) is 7.52. The van der Waals surface area contributed by atoms with Gasteiger partial charge in [-0.2, -0.15) is 0 Å². The summed E-state index contributed by atoms with van der Waals surface area (Å²) in [7, 11) is 0. The molecule has 2 aromatic heterocycles. The number of rotatable bonds is 3. The van der Waals surface area contributed by atoms with Gasteiger partial charge in [-0.05, 0) is 42.9 Å². The fourth-order valence-electron chi connectivity index (χ4n) is 3.09. The lowest BCUT2D eigenvalue weighted by molar-refractivity contribution is 0.687. The summed E-state index contributed by atoms with van der Waals surface area (Å²) in [4.78, 5) is 9.92. The van der Waals surface area contributed by atoms with Crippen LogP contribution in [0.25, 0.3) is 4.96 Å². The molecule has 24 heavy (non-hydrogen) atoms. The van der Waals surface area contributed by atoms with Crippen LogP contribution in [-0.2, 0) is 19.4 Å². The van der Waals surface area contributed by atoms with E-state index in [2.05, 4.69) is 33.5 Å². The number of thiazole rings is 1. The maximum Gasteiger partial charge on any atom is 0.193 e. The van der Waals surface area contributed by atoms with Crippen molar-refractivity contribution in [1.82, 2.24) is 9.38 Å². The van der Waals surface area contributed by atoms with Gasteiger partial charge in [-0.15, -0.1) is 35.3 Å². The van der Waals surface area contributed by atoms with Crippen molar-refractivity contribution in [1.29, 1.82) is 0 Å². The molecule has 0 saturated heterocycles. The van der Waals surface area contributed by atoms with E-state index in [0.29, 0.717) is 12.5 Å². The molecule has 1 aliphatic carbocycles. The molecule has 0 radical (unpaired) electrons. The number of anilines is 1. The summed E-state index contributed by atoms with van der Waals surface area (Å²) in [6.07, 6.45) is 8.78. The molecule has 7 heteroatoms. The minimum Gasteiger partial charge on any atom is -0.370 e. The molecule has 3 aromatic rings. The van der Waals surface area contributed by atoms with E-state index in [0.717, 1.165) is 29.2 Å². The van der Waals surface area contributed by atoms with Gasteiger partial charge < -0.3 is 11.1 Å². The standard InChI is InChI=1S/C17H19N5S.HI/c18-16(19-10-13-11-22-8-9-23-17(22)20-13)21-15-7-3-5-12-4-1-2-6-14(12)15;/h3,5,7-9,11H,1-2,4,6,10H2,(H3,18,19,21);1H. The molecule has 3 N–H and O–H groups in total. The fourth-order valence-corrected chi connectivity index (χ4v) is 3.81. The zero-order chi connectivity index (χ0) is 15.6. The Morgan fingerprint density at radius 1 is 1.33 bits per heavy atom. The minimum absolute atomic E-state index is 0. The van der Waals surface area contributed by atoms with E-state index in [1.165, 1.54) is 24.0 Å². The summed E-state index contributed by atoms with van der Waals surface area (Å²) in [6.45, 7) is 0.488. The number of imidazole rings is 1. The number of aliphatic imine (C=N–C) groups is 1. The van der Waals surface area contributed by atoms with E-state index < -0.39 is 0 Å². The smallest absolute Gasteiger partial charge is 0.193 e. The SMILES string of the molecule is I.NC(=NCc1cn2ccsc2n1)Nc1cccc2c1CCCC2. The number of nitrogens with two attached hydrogens (primary N) is 1. The highest BCUT2D eigenvalue weighted by atomic mass is 127. The highest BCUT2D eigenvalue weighted by Gasteiger charge is 2.13. The van der Waals surface area contributed by atoms with Gasteiger partial charge in [0.2, 0.25) is 0 Å². The van der Waals surface area contributed by atoms with Gasteiger partial charge in [-0.25, -0.2) is 9.98 Å². The molecule has 0 bridgehead atoms. The first-order valence-electron chi connectivity index (χ1n) is 7.88. The Morgan fingerprint density at radius 3 is 3.08 bits per heavy atom. The van der Waals surface area contributed by atoms with E-state index in [9.17, 15) is 0 Å². The highest BCUT2D eigenvalue weighted by molar-refractivity contribution is 14.0. The van der Waals surface area contributed by atoms with Crippen LogP contribution in [0.4, 0.5) is 5.69 Å². The van der Waals surface area contributed by atoms with Crippen LogP contribution >= 0.6 is 35.3 Å². The number of aryl methyl sites for hydroxylation is 1. The van der Waals surface area contributed by atoms with Crippen LogP contribution in [0.15, 0.2) is 41.0 Å². The lowest BCUT2D eigenvalue weighted by atomic mass is 9.90. The second-order valence-electron chi connectivity index (χ2n) is 5.80. The van der Waals surface area contributed by atoms with Gasteiger partial charge in [0.05, 0.1) is 12.2 Å². The molecule has 0 amide bonds.